The standard InChI is InChI=1S/C20H17NO6.C3H8O/c1-13(22)14-6-8-15(9-7-14)26-10-11-27-18(23)12-21-19(24)16-4-2-3-5-17(16)20(21)25;1-3-4-2/h2-9H,10-12H2,1H3;3H2,1-2H3. The van der Waals surface area contributed by atoms with Gasteiger partial charge in [0.2, 0.25) is 0 Å². The zero-order valence-corrected chi connectivity index (χ0v) is 17.8. The zero-order chi connectivity index (χ0) is 22.8. The number of benzene rings is 2. The van der Waals surface area contributed by atoms with E-state index in [2.05, 4.69) is 4.74 Å². The van der Waals surface area contributed by atoms with Crippen LogP contribution in [-0.2, 0) is 14.3 Å². The molecule has 164 valence electrons. The quantitative estimate of drug-likeness (QED) is 0.276. The lowest BCUT2D eigenvalue weighted by atomic mass is 10.1. The summed E-state index contributed by atoms with van der Waals surface area (Å²) in [5, 5.41) is 0. The number of ether oxygens (including phenoxy) is 3. The molecule has 2 aromatic rings. The fraction of sp³-hybridized carbons (Fsp3) is 0.304. The SMILES string of the molecule is CC(=O)c1ccc(OCCOC(=O)CN2C(=O)c3ccccc3C2=O)cc1.CCOC. The van der Waals surface area contributed by atoms with E-state index in [1.807, 2.05) is 6.92 Å². The first kappa shape index (κ1) is 23.8. The highest BCUT2D eigenvalue weighted by Crippen LogP contribution is 2.22. The number of imide groups is 1. The number of esters is 1. The van der Waals surface area contributed by atoms with E-state index in [0.29, 0.717) is 11.3 Å². The van der Waals surface area contributed by atoms with E-state index in [-0.39, 0.29) is 30.1 Å². The lowest BCUT2D eigenvalue weighted by Gasteiger charge is -2.13. The van der Waals surface area contributed by atoms with Crippen molar-refractivity contribution in [1.82, 2.24) is 4.90 Å². The third-order valence-electron chi connectivity index (χ3n) is 4.33. The van der Waals surface area contributed by atoms with Crippen molar-refractivity contribution >= 4 is 23.6 Å². The van der Waals surface area contributed by atoms with Gasteiger partial charge in [0.1, 0.15) is 25.5 Å². The van der Waals surface area contributed by atoms with Gasteiger partial charge in [-0.1, -0.05) is 12.1 Å². The van der Waals surface area contributed by atoms with Gasteiger partial charge >= 0.3 is 5.97 Å². The van der Waals surface area contributed by atoms with Crippen molar-refractivity contribution in [3.05, 3.63) is 65.2 Å². The van der Waals surface area contributed by atoms with Gasteiger partial charge < -0.3 is 14.2 Å². The monoisotopic (exact) mass is 427 g/mol. The van der Waals surface area contributed by atoms with Crippen LogP contribution in [0.4, 0.5) is 0 Å². The average molecular weight is 427 g/mol. The molecule has 0 spiro atoms. The van der Waals surface area contributed by atoms with E-state index >= 15 is 0 Å². The summed E-state index contributed by atoms with van der Waals surface area (Å²) in [4.78, 5) is 48.3. The smallest absolute Gasteiger partial charge is 0.326 e. The third-order valence-corrected chi connectivity index (χ3v) is 4.33. The number of methoxy groups -OCH3 is 1. The van der Waals surface area contributed by atoms with Gasteiger partial charge in [0.25, 0.3) is 11.8 Å². The van der Waals surface area contributed by atoms with Crippen molar-refractivity contribution in [1.29, 1.82) is 0 Å². The molecule has 0 aliphatic carbocycles. The van der Waals surface area contributed by atoms with Gasteiger partial charge in [-0.2, -0.15) is 0 Å². The van der Waals surface area contributed by atoms with E-state index in [1.54, 1.807) is 55.6 Å². The third kappa shape index (κ3) is 6.48. The van der Waals surface area contributed by atoms with Crippen molar-refractivity contribution in [2.45, 2.75) is 13.8 Å². The van der Waals surface area contributed by atoms with Crippen molar-refractivity contribution in [2.24, 2.45) is 0 Å². The second-order valence-corrected chi connectivity index (χ2v) is 6.47. The topological polar surface area (TPSA) is 99.2 Å². The van der Waals surface area contributed by atoms with Crippen LogP contribution in [0.15, 0.2) is 48.5 Å². The van der Waals surface area contributed by atoms with E-state index in [9.17, 15) is 19.2 Å². The maximum atomic E-state index is 12.2. The Morgan fingerprint density at radius 3 is 1.94 bits per heavy atom. The number of nitrogens with zero attached hydrogens (tertiary/aromatic N) is 1. The van der Waals surface area contributed by atoms with Crippen LogP contribution in [-0.4, -0.2) is 61.9 Å². The number of Topliss-reactive ketones (excluding diaryl/α,β-unsaturated/α-hetero) is 1. The molecule has 0 saturated heterocycles. The summed E-state index contributed by atoms with van der Waals surface area (Å²) in [6.07, 6.45) is 0. The molecule has 2 aromatic carbocycles. The zero-order valence-electron chi connectivity index (χ0n) is 17.8. The molecular weight excluding hydrogens is 402 g/mol. The van der Waals surface area contributed by atoms with Crippen LogP contribution < -0.4 is 4.74 Å². The molecule has 3 rings (SSSR count). The second kappa shape index (κ2) is 11.6. The maximum absolute atomic E-state index is 12.2. The molecular formula is C23H25NO7. The summed E-state index contributed by atoms with van der Waals surface area (Å²) in [6, 6.07) is 13.0. The predicted molar refractivity (Wildman–Crippen MR) is 112 cm³/mol. The molecule has 0 bridgehead atoms. The summed E-state index contributed by atoms with van der Waals surface area (Å²) in [7, 11) is 1.68. The summed E-state index contributed by atoms with van der Waals surface area (Å²) in [5.41, 5.74) is 1.15. The van der Waals surface area contributed by atoms with Crippen molar-refractivity contribution in [3.8, 4) is 5.75 Å². The number of ketones is 1. The van der Waals surface area contributed by atoms with Gasteiger partial charge in [0.15, 0.2) is 5.78 Å². The molecule has 0 fully saturated rings. The van der Waals surface area contributed by atoms with Crippen LogP contribution >= 0.6 is 0 Å². The molecule has 0 aromatic heterocycles. The number of amides is 2. The van der Waals surface area contributed by atoms with Gasteiger partial charge in [-0.15, -0.1) is 0 Å². The number of fused-ring (bicyclic) bond motifs is 1. The normalized spacial score (nSPS) is 12.0. The van der Waals surface area contributed by atoms with Crippen LogP contribution in [0.2, 0.25) is 0 Å². The molecule has 2 amide bonds. The molecule has 0 radical (unpaired) electrons. The molecule has 1 aliphatic heterocycles. The summed E-state index contributed by atoms with van der Waals surface area (Å²) in [6.45, 7) is 3.88. The first-order valence-electron chi connectivity index (χ1n) is 9.72. The number of carbonyl (C=O) groups excluding carboxylic acids is 4. The van der Waals surface area contributed by atoms with Gasteiger partial charge in [0.05, 0.1) is 11.1 Å². The Kier molecular flexibility index (Phi) is 8.90. The maximum Gasteiger partial charge on any atom is 0.326 e. The second-order valence-electron chi connectivity index (χ2n) is 6.47. The van der Waals surface area contributed by atoms with E-state index in [0.717, 1.165) is 11.5 Å². The molecule has 1 aliphatic rings. The molecule has 0 saturated carbocycles. The Balaban J connectivity index is 0.000000785. The van der Waals surface area contributed by atoms with E-state index in [1.165, 1.54) is 6.92 Å². The van der Waals surface area contributed by atoms with Crippen molar-refractivity contribution in [2.75, 3.05) is 33.5 Å². The minimum atomic E-state index is -0.694. The fourth-order valence-electron chi connectivity index (χ4n) is 2.66. The van der Waals surface area contributed by atoms with Crippen LogP contribution in [0.3, 0.4) is 0 Å². The Morgan fingerprint density at radius 1 is 0.903 bits per heavy atom. The van der Waals surface area contributed by atoms with E-state index in [4.69, 9.17) is 9.47 Å². The van der Waals surface area contributed by atoms with E-state index < -0.39 is 24.3 Å². The molecule has 8 heteroatoms. The largest absolute Gasteiger partial charge is 0.490 e. The molecule has 31 heavy (non-hydrogen) atoms. The molecule has 1 heterocycles. The fourth-order valence-corrected chi connectivity index (χ4v) is 2.66. The lowest BCUT2D eigenvalue weighted by molar-refractivity contribution is -0.144. The number of carbonyl (C=O) groups is 4. The Bertz CT molecular complexity index is 900. The van der Waals surface area contributed by atoms with Crippen LogP contribution in [0.1, 0.15) is 44.9 Å². The molecule has 8 nitrogen and oxygen atoms in total. The van der Waals surface area contributed by atoms with Crippen LogP contribution in [0.5, 0.6) is 5.75 Å². The Labute approximate surface area is 180 Å². The Hall–Kier alpha value is -3.52. The molecule has 0 unspecified atom stereocenters. The van der Waals surface area contributed by atoms with Gasteiger partial charge in [-0.25, -0.2) is 0 Å². The van der Waals surface area contributed by atoms with Crippen molar-refractivity contribution < 1.29 is 33.4 Å². The number of hydrogen-bond acceptors (Lipinski definition) is 7. The molecule has 0 atom stereocenters. The first-order chi connectivity index (χ1) is 14.9. The summed E-state index contributed by atoms with van der Waals surface area (Å²) >= 11 is 0. The summed E-state index contributed by atoms with van der Waals surface area (Å²) in [5.74, 6) is -1.20. The highest BCUT2D eigenvalue weighted by Gasteiger charge is 2.36. The molecule has 0 N–H and O–H groups in total. The number of hydrogen-bond donors (Lipinski definition) is 0. The lowest BCUT2D eigenvalue weighted by Crippen LogP contribution is -2.36. The minimum Gasteiger partial charge on any atom is -0.490 e. The average Bonchev–Trinajstić information content (AvgIpc) is 3.02. The van der Waals surface area contributed by atoms with Crippen molar-refractivity contribution in [3.63, 3.8) is 0 Å². The minimum absolute atomic E-state index is 0.0313. The van der Waals surface area contributed by atoms with Crippen LogP contribution in [0, 0.1) is 0 Å². The van der Waals surface area contributed by atoms with Gasteiger partial charge in [-0.3, -0.25) is 24.1 Å². The Morgan fingerprint density at radius 2 is 1.45 bits per heavy atom. The summed E-state index contributed by atoms with van der Waals surface area (Å²) < 4.78 is 15.0. The van der Waals surface area contributed by atoms with Crippen LogP contribution in [0.25, 0.3) is 0 Å². The van der Waals surface area contributed by atoms with Gasteiger partial charge in [-0.05, 0) is 50.2 Å². The predicted octanol–water partition coefficient (Wildman–Crippen LogP) is 2.76. The van der Waals surface area contributed by atoms with Gasteiger partial charge in [0, 0.05) is 19.3 Å². The number of rotatable bonds is 8. The highest BCUT2D eigenvalue weighted by molar-refractivity contribution is 6.22. The highest BCUT2D eigenvalue weighted by atomic mass is 16.6. The first-order valence-corrected chi connectivity index (χ1v) is 9.72.